The molecule has 0 N–H and O–H groups in total. The topological polar surface area (TPSA) is 18.5 Å². The Kier molecular flexibility index (Phi) is 4.31. The highest BCUT2D eigenvalue weighted by Crippen LogP contribution is 2.33. The molecule has 1 saturated heterocycles. The van der Waals surface area contributed by atoms with E-state index in [-0.39, 0.29) is 10.8 Å². The van der Waals surface area contributed by atoms with Crippen LogP contribution in [0.25, 0.3) is 10.8 Å². The molecule has 0 saturated carbocycles. The normalized spacial score (nSPS) is 17.7. The van der Waals surface area contributed by atoms with Crippen molar-refractivity contribution in [3.63, 3.8) is 0 Å². The van der Waals surface area contributed by atoms with Crippen molar-refractivity contribution in [1.29, 1.82) is 0 Å². The zero-order chi connectivity index (χ0) is 19.5. The summed E-state index contributed by atoms with van der Waals surface area (Å²) in [4.78, 5) is 0. The fourth-order valence-electron chi connectivity index (χ4n) is 3.25. The van der Waals surface area contributed by atoms with E-state index in [1.165, 1.54) is 21.9 Å². The van der Waals surface area contributed by atoms with Crippen LogP contribution in [0.1, 0.15) is 66.5 Å². The third kappa shape index (κ3) is 3.42. The van der Waals surface area contributed by atoms with Gasteiger partial charge < -0.3 is 9.31 Å². The average Bonchev–Trinajstić information content (AvgIpc) is 2.77. The van der Waals surface area contributed by atoms with E-state index in [0.29, 0.717) is 5.76 Å². The molecule has 3 rings (SSSR count). The second-order valence-electron chi connectivity index (χ2n) is 10.0. The van der Waals surface area contributed by atoms with Gasteiger partial charge in [-0.15, -0.1) is 0 Å². The minimum absolute atomic E-state index is 0.0474. The standard InChI is InChI=1S/C23H31BO2/c1-15-23(8,9)26-24(25-15)20-14-18(22(5,6)7)13-16-12-17(21(2,3)4)10-11-19(16)20/h10-14H,1H2,2-9H3. The van der Waals surface area contributed by atoms with E-state index in [4.69, 9.17) is 9.31 Å². The van der Waals surface area contributed by atoms with Gasteiger partial charge in [0.25, 0.3) is 0 Å². The average molecular weight is 350 g/mol. The van der Waals surface area contributed by atoms with Crippen molar-refractivity contribution >= 4 is 23.4 Å². The Labute approximate surface area is 158 Å². The van der Waals surface area contributed by atoms with Crippen LogP contribution in [0.3, 0.4) is 0 Å². The fraction of sp³-hybridized carbons (Fsp3) is 0.478. The van der Waals surface area contributed by atoms with E-state index in [1.54, 1.807) is 0 Å². The highest BCUT2D eigenvalue weighted by molar-refractivity contribution is 6.65. The molecule has 1 aliphatic rings. The lowest BCUT2D eigenvalue weighted by Crippen LogP contribution is -2.36. The molecule has 0 bridgehead atoms. The van der Waals surface area contributed by atoms with Gasteiger partial charge in [0, 0.05) is 5.46 Å². The molecule has 0 unspecified atom stereocenters. The van der Waals surface area contributed by atoms with E-state index in [9.17, 15) is 0 Å². The summed E-state index contributed by atoms with van der Waals surface area (Å²) in [5, 5.41) is 2.42. The molecule has 138 valence electrons. The van der Waals surface area contributed by atoms with Gasteiger partial charge in [0.2, 0.25) is 0 Å². The summed E-state index contributed by atoms with van der Waals surface area (Å²) < 4.78 is 12.2. The van der Waals surface area contributed by atoms with Crippen LogP contribution in [0, 0.1) is 0 Å². The molecule has 0 atom stereocenters. The van der Waals surface area contributed by atoms with Gasteiger partial charge in [0.1, 0.15) is 5.60 Å². The van der Waals surface area contributed by atoms with E-state index in [0.717, 1.165) is 5.46 Å². The monoisotopic (exact) mass is 350 g/mol. The summed E-state index contributed by atoms with van der Waals surface area (Å²) in [6.45, 7) is 21.5. The van der Waals surface area contributed by atoms with Crippen molar-refractivity contribution in [2.45, 2.75) is 71.8 Å². The molecule has 1 fully saturated rings. The lowest BCUT2D eigenvalue weighted by Gasteiger charge is -2.24. The van der Waals surface area contributed by atoms with Gasteiger partial charge in [0.15, 0.2) is 0 Å². The van der Waals surface area contributed by atoms with Crippen LogP contribution >= 0.6 is 0 Å². The first kappa shape index (κ1) is 19.0. The van der Waals surface area contributed by atoms with Gasteiger partial charge in [-0.1, -0.05) is 78.5 Å². The molecule has 0 radical (unpaired) electrons. The predicted molar refractivity (Wildman–Crippen MR) is 112 cm³/mol. The lowest BCUT2D eigenvalue weighted by atomic mass is 9.72. The minimum Gasteiger partial charge on any atom is -0.534 e. The van der Waals surface area contributed by atoms with E-state index >= 15 is 0 Å². The summed E-state index contributed by atoms with van der Waals surface area (Å²) in [6.07, 6.45) is 0. The van der Waals surface area contributed by atoms with Crippen LogP contribution in [0.15, 0.2) is 42.7 Å². The summed E-state index contributed by atoms with van der Waals surface area (Å²) in [5.74, 6) is 0.683. The first-order valence-electron chi connectivity index (χ1n) is 9.41. The fourth-order valence-corrected chi connectivity index (χ4v) is 3.25. The molecule has 2 aromatic carbocycles. The summed E-state index contributed by atoms with van der Waals surface area (Å²) in [6, 6.07) is 11.3. The number of benzene rings is 2. The Balaban J connectivity index is 2.22. The van der Waals surface area contributed by atoms with Gasteiger partial charge >= 0.3 is 7.12 Å². The third-order valence-electron chi connectivity index (χ3n) is 5.29. The Morgan fingerprint density at radius 2 is 1.46 bits per heavy atom. The molecular weight excluding hydrogens is 319 g/mol. The molecule has 0 aromatic heterocycles. The number of hydrogen-bond donors (Lipinski definition) is 0. The number of rotatable bonds is 1. The van der Waals surface area contributed by atoms with E-state index in [2.05, 4.69) is 78.5 Å². The molecule has 1 aliphatic heterocycles. The summed E-state index contributed by atoms with van der Waals surface area (Å²) in [5.41, 5.74) is 3.39. The maximum Gasteiger partial charge on any atom is 0.564 e. The van der Waals surface area contributed by atoms with Crippen LogP contribution in [-0.4, -0.2) is 12.7 Å². The molecule has 26 heavy (non-hydrogen) atoms. The quantitative estimate of drug-likeness (QED) is 0.635. The van der Waals surface area contributed by atoms with E-state index in [1.807, 2.05) is 13.8 Å². The SMILES string of the molecule is C=C1OB(c2cc(C(C)(C)C)cc3cc(C(C)(C)C)ccc23)OC1(C)C. The lowest BCUT2D eigenvalue weighted by molar-refractivity contribution is 0.173. The van der Waals surface area contributed by atoms with Gasteiger partial charge in [-0.2, -0.15) is 0 Å². The van der Waals surface area contributed by atoms with E-state index < -0.39 is 12.7 Å². The van der Waals surface area contributed by atoms with Gasteiger partial charge in [-0.3, -0.25) is 0 Å². The van der Waals surface area contributed by atoms with Crippen molar-refractivity contribution in [1.82, 2.24) is 0 Å². The highest BCUT2D eigenvalue weighted by Gasteiger charge is 2.43. The Bertz CT molecular complexity index is 861. The number of fused-ring (bicyclic) bond motifs is 1. The van der Waals surface area contributed by atoms with Crippen molar-refractivity contribution < 1.29 is 9.31 Å². The molecule has 0 aliphatic carbocycles. The second kappa shape index (κ2) is 5.89. The maximum absolute atomic E-state index is 6.20. The van der Waals surface area contributed by atoms with Gasteiger partial charge in [-0.25, -0.2) is 0 Å². The van der Waals surface area contributed by atoms with Crippen molar-refractivity contribution in [3.8, 4) is 0 Å². The van der Waals surface area contributed by atoms with Crippen molar-refractivity contribution in [2.24, 2.45) is 0 Å². The zero-order valence-electron chi connectivity index (χ0n) is 17.5. The molecule has 2 nitrogen and oxygen atoms in total. The number of hydrogen-bond acceptors (Lipinski definition) is 2. The van der Waals surface area contributed by atoms with Crippen molar-refractivity contribution in [3.05, 3.63) is 53.8 Å². The molecular formula is C23H31BO2. The van der Waals surface area contributed by atoms with Crippen LogP contribution in [0.5, 0.6) is 0 Å². The van der Waals surface area contributed by atoms with Gasteiger partial charge in [-0.05, 0) is 46.6 Å². The Morgan fingerprint density at radius 1 is 0.885 bits per heavy atom. The first-order valence-corrected chi connectivity index (χ1v) is 9.41. The Morgan fingerprint density at radius 3 is 1.96 bits per heavy atom. The zero-order valence-corrected chi connectivity index (χ0v) is 17.5. The third-order valence-corrected chi connectivity index (χ3v) is 5.29. The maximum atomic E-state index is 6.20. The molecule has 1 heterocycles. The Hall–Kier alpha value is -1.74. The largest absolute Gasteiger partial charge is 0.564 e. The molecule has 0 amide bonds. The molecule has 2 aromatic rings. The molecule has 0 spiro atoms. The van der Waals surface area contributed by atoms with Gasteiger partial charge in [0.05, 0.1) is 5.76 Å². The highest BCUT2D eigenvalue weighted by atomic mass is 16.7. The predicted octanol–water partition coefficient (Wildman–Crippen LogP) is 5.47. The van der Waals surface area contributed by atoms with Crippen LogP contribution in [-0.2, 0) is 20.1 Å². The van der Waals surface area contributed by atoms with Crippen LogP contribution in [0.4, 0.5) is 0 Å². The van der Waals surface area contributed by atoms with Crippen LogP contribution < -0.4 is 5.46 Å². The van der Waals surface area contributed by atoms with Crippen molar-refractivity contribution in [2.75, 3.05) is 0 Å². The smallest absolute Gasteiger partial charge is 0.534 e. The minimum atomic E-state index is -0.472. The first-order chi connectivity index (χ1) is 11.8. The molecule has 3 heteroatoms. The van der Waals surface area contributed by atoms with Crippen LogP contribution in [0.2, 0.25) is 0 Å². The summed E-state index contributed by atoms with van der Waals surface area (Å²) in [7, 11) is -0.414. The summed E-state index contributed by atoms with van der Waals surface area (Å²) >= 11 is 0. The second-order valence-corrected chi connectivity index (χ2v) is 10.0.